The third-order valence-electron chi connectivity index (χ3n) is 3.26. The molecule has 2 unspecified atom stereocenters. The van der Waals surface area contributed by atoms with Gasteiger partial charge < -0.3 is 9.84 Å². The Bertz CT molecular complexity index is 383. The van der Waals surface area contributed by atoms with Crippen molar-refractivity contribution in [1.29, 1.82) is 0 Å². The van der Waals surface area contributed by atoms with E-state index in [4.69, 9.17) is 4.74 Å². The monoisotopic (exact) mass is 257 g/mol. The summed E-state index contributed by atoms with van der Waals surface area (Å²) in [4.78, 5) is 2.20. The molecule has 0 bridgehead atoms. The zero-order chi connectivity index (χ0) is 12.4. The minimum absolute atomic E-state index is 0.123. The van der Waals surface area contributed by atoms with Gasteiger partial charge >= 0.3 is 0 Å². The van der Waals surface area contributed by atoms with Crippen molar-refractivity contribution in [2.75, 3.05) is 32.2 Å². The summed E-state index contributed by atoms with van der Waals surface area (Å²) in [6, 6.07) is 0.123. The predicted octanol–water partition coefficient (Wildman–Crippen LogP) is 0.509. The molecule has 0 aliphatic carbocycles. The Morgan fingerprint density at radius 1 is 1.59 bits per heavy atom. The Morgan fingerprint density at radius 3 is 3.00 bits per heavy atom. The standard InChI is InChI=1S/C11H19N3O2S/c1-13-4-5-17-7-8(13)11(15)10-9(16-3)6-12-14(10)2/h6,8,11,15H,4-5,7H2,1-3H3. The number of aliphatic hydroxyl groups is 1. The summed E-state index contributed by atoms with van der Waals surface area (Å²) in [5, 5.41) is 14.6. The maximum absolute atomic E-state index is 10.5. The van der Waals surface area contributed by atoms with Gasteiger partial charge in [-0.15, -0.1) is 0 Å². The van der Waals surface area contributed by atoms with E-state index in [-0.39, 0.29) is 6.04 Å². The lowest BCUT2D eigenvalue weighted by Crippen LogP contribution is -2.43. The number of thioether (sulfide) groups is 1. The average Bonchev–Trinajstić information content (AvgIpc) is 2.70. The van der Waals surface area contributed by atoms with Crippen LogP contribution in [-0.2, 0) is 7.05 Å². The van der Waals surface area contributed by atoms with Crippen molar-refractivity contribution in [2.24, 2.45) is 7.05 Å². The topological polar surface area (TPSA) is 50.5 Å². The number of nitrogens with zero attached hydrogens (tertiary/aromatic N) is 3. The molecule has 2 atom stereocenters. The molecule has 96 valence electrons. The van der Waals surface area contributed by atoms with Crippen molar-refractivity contribution in [3.63, 3.8) is 0 Å². The molecule has 0 aromatic carbocycles. The van der Waals surface area contributed by atoms with Crippen LogP contribution in [0.3, 0.4) is 0 Å². The molecule has 1 saturated heterocycles. The van der Waals surface area contributed by atoms with Crippen molar-refractivity contribution in [3.8, 4) is 5.75 Å². The summed E-state index contributed by atoms with van der Waals surface area (Å²) < 4.78 is 6.94. The lowest BCUT2D eigenvalue weighted by molar-refractivity contribution is 0.0677. The Hall–Kier alpha value is -0.720. The zero-order valence-corrected chi connectivity index (χ0v) is 11.3. The molecule has 1 aliphatic heterocycles. The van der Waals surface area contributed by atoms with Gasteiger partial charge in [0, 0.05) is 25.1 Å². The number of aryl methyl sites for hydroxylation is 1. The van der Waals surface area contributed by atoms with Gasteiger partial charge in [-0.25, -0.2) is 0 Å². The molecular formula is C11H19N3O2S. The highest BCUT2D eigenvalue weighted by Crippen LogP contribution is 2.31. The van der Waals surface area contributed by atoms with Gasteiger partial charge in [-0.05, 0) is 7.05 Å². The number of aromatic nitrogens is 2. The summed E-state index contributed by atoms with van der Waals surface area (Å²) in [5.41, 5.74) is 0.756. The van der Waals surface area contributed by atoms with E-state index in [0.29, 0.717) is 5.75 Å². The molecule has 2 heterocycles. The highest BCUT2D eigenvalue weighted by atomic mass is 32.2. The Kier molecular flexibility index (Phi) is 3.96. The average molecular weight is 257 g/mol. The summed E-state index contributed by atoms with van der Waals surface area (Å²) in [5.74, 6) is 2.72. The Balaban J connectivity index is 2.22. The first-order chi connectivity index (χ1) is 8.15. The Morgan fingerprint density at radius 2 is 2.35 bits per heavy atom. The highest BCUT2D eigenvalue weighted by Gasteiger charge is 2.31. The summed E-state index contributed by atoms with van der Waals surface area (Å²) >= 11 is 1.88. The van der Waals surface area contributed by atoms with E-state index >= 15 is 0 Å². The summed E-state index contributed by atoms with van der Waals surface area (Å²) in [6.07, 6.45) is 1.09. The van der Waals surface area contributed by atoms with Gasteiger partial charge in [-0.2, -0.15) is 16.9 Å². The highest BCUT2D eigenvalue weighted by molar-refractivity contribution is 7.99. The molecule has 1 aromatic heterocycles. The van der Waals surface area contributed by atoms with Crippen molar-refractivity contribution in [2.45, 2.75) is 12.1 Å². The van der Waals surface area contributed by atoms with Crippen LogP contribution in [0.4, 0.5) is 0 Å². The smallest absolute Gasteiger partial charge is 0.162 e. The fraction of sp³-hybridized carbons (Fsp3) is 0.727. The molecule has 1 N–H and O–H groups in total. The zero-order valence-electron chi connectivity index (χ0n) is 10.5. The van der Waals surface area contributed by atoms with E-state index in [1.54, 1.807) is 18.0 Å². The van der Waals surface area contributed by atoms with Gasteiger partial charge in [0.05, 0.1) is 19.3 Å². The molecule has 17 heavy (non-hydrogen) atoms. The molecule has 0 spiro atoms. The number of hydrogen-bond acceptors (Lipinski definition) is 5. The molecule has 1 fully saturated rings. The number of methoxy groups -OCH3 is 1. The molecule has 5 nitrogen and oxygen atoms in total. The second kappa shape index (κ2) is 5.29. The number of aliphatic hydroxyl groups excluding tert-OH is 1. The van der Waals surface area contributed by atoms with Gasteiger partial charge in [0.1, 0.15) is 11.8 Å². The van der Waals surface area contributed by atoms with Crippen LogP contribution in [0.25, 0.3) is 0 Å². The fourth-order valence-corrected chi connectivity index (χ4v) is 3.40. The second-order valence-corrected chi connectivity index (χ2v) is 5.44. The Labute approximate surface area is 106 Å². The lowest BCUT2D eigenvalue weighted by Gasteiger charge is -2.35. The van der Waals surface area contributed by atoms with Gasteiger partial charge in [-0.1, -0.05) is 0 Å². The minimum atomic E-state index is -0.560. The van der Waals surface area contributed by atoms with Crippen LogP contribution in [0.1, 0.15) is 11.8 Å². The van der Waals surface area contributed by atoms with E-state index in [2.05, 4.69) is 17.0 Å². The van der Waals surface area contributed by atoms with E-state index < -0.39 is 6.10 Å². The SMILES string of the molecule is COc1cnn(C)c1C(O)C1CSCCN1C. The van der Waals surface area contributed by atoms with Gasteiger partial charge in [0.15, 0.2) is 5.75 Å². The molecule has 0 saturated carbocycles. The third-order valence-corrected chi connectivity index (χ3v) is 4.31. The van der Waals surface area contributed by atoms with Crippen molar-refractivity contribution >= 4 is 11.8 Å². The number of rotatable bonds is 3. The third kappa shape index (κ3) is 2.43. The van der Waals surface area contributed by atoms with Gasteiger partial charge in [0.2, 0.25) is 0 Å². The van der Waals surface area contributed by atoms with E-state index in [9.17, 15) is 5.11 Å². The number of likely N-dealkylation sites (N-methyl/N-ethyl adjacent to an activating group) is 1. The first-order valence-electron chi connectivity index (χ1n) is 5.67. The van der Waals surface area contributed by atoms with Gasteiger partial charge in [-0.3, -0.25) is 9.58 Å². The first kappa shape index (κ1) is 12.7. The lowest BCUT2D eigenvalue weighted by atomic mass is 10.1. The van der Waals surface area contributed by atoms with Crippen molar-refractivity contribution in [3.05, 3.63) is 11.9 Å². The number of hydrogen-bond donors (Lipinski definition) is 1. The van der Waals surface area contributed by atoms with Crippen LogP contribution in [0, 0.1) is 0 Å². The van der Waals surface area contributed by atoms with Crippen LogP contribution in [0.2, 0.25) is 0 Å². The molecule has 2 rings (SSSR count). The van der Waals surface area contributed by atoms with Crippen LogP contribution in [-0.4, -0.2) is 58.0 Å². The summed E-state index contributed by atoms with van der Waals surface area (Å²) in [6.45, 7) is 1.01. The minimum Gasteiger partial charge on any atom is -0.493 e. The van der Waals surface area contributed by atoms with E-state index in [1.165, 1.54) is 0 Å². The van der Waals surface area contributed by atoms with Crippen LogP contribution < -0.4 is 4.74 Å². The summed E-state index contributed by atoms with van der Waals surface area (Å²) in [7, 11) is 5.49. The normalized spacial score (nSPS) is 23.6. The maximum atomic E-state index is 10.5. The van der Waals surface area contributed by atoms with Gasteiger partial charge in [0.25, 0.3) is 0 Å². The quantitative estimate of drug-likeness (QED) is 0.855. The van der Waals surface area contributed by atoms with Crippen molar-refractivity contribution in [1.82, 2.24) is 14.7 Å². The molecule has 1 aromatic rings. The van der Waals surface area contributed by atoms with E-state index in [0.717, 1.165) is 23.7 Å². The van der Waals surface area contributed by atoms with Crippen LogP contribution in [0.5, 0.6) is 5.75 Å². The second-order valence-electron chi connectivity index (χ2n) is 4.29. The molecular weight excluding hydrogens is 238 g/mol. The van der Waals surface area contributed by atoms with Crippen LogP contribution in [0.15, 0.2) is 6.20 Å². The van der Waals surface area contributed by atoms with Crippen molar-refractivity contribution < 1.29 is 9.84 Å². The largest absolute Gasteiger partial charge is 0.493 e. The molecule has 0 amide bonds. The number of ether oxygens (including phenoxy) is 1. The predicted molar refractivity (Wildman–Crippen MR) is 68.5 cm³/mol. The molecule has 6 heteroatoms. The first-order valence-corrected chi connectivity index (χ1v) is 6.82. The van der Waals surface area contributed by atoms with E-state index in [1.807, 2.05) is 18.8 Å². The molecule has 0 radical (unpaired) electrons. The maximum Gasteiger partial charge on any atom is 0.162 e. The van der Waals surface area contributed by atoms with Crippen LogP contribution >= 0.6 is 11.8 Å². The fourth-order valence-electron chi connectivity index (χ4n) is 2.14. The molecule has 1 aliphatic rings.